The maximum Gasteiger partial charge on any atom is 0.233 e. The van der Waals surface area contributed by atoms with E-state index >= 15 is 0 Å². The van der Waals surface area contributed by atoms with Crippen molar-refractivity contribution in [2.75, 3.05) is 11.9 Å². The summed E-state index contributed by atoms with van der Waals surface area (Å²) in [6.07, 6.45) is 5.94. The summed E-state index contributed by atoms with van der Waals surface area (Å²) in [6, 6.07) is 5.42. The fourth-order valence-electron chi connectivity index (χ4n) is 3.31. The van der Waals surface area contributed by atoms with Crippen LogP contribution in [0.3, 0.4) is 0 Å². The zero-order chi connectivity index (χ0) is 17.1. The standard InChI is InChI=1S/C18H21N3O3/c1-12-6-4-9-15(19-12)20-16(22)10-5-11-21-17(23)13-7-2-3-8-14(13)18(21)24/h2-4,6,9,13-14H,5,7-8,10-11H2,1H3,(H,19,20,22)/t13-,14-/m1/s1. The largest absolute Gasteiger partial charge is 0.311 e. The van der Waals surface area contributed by atoms with Crippen LogP contribution in [0.4, 0.5) is 5.82 Å². The minimum absolute atomic E-state index is 0.0879. The van der Waals surface area contributed by atoms with Crippen LogP contribution in [0.1, 0.15) is 31.4 Å². The molecule has 1 aromatic heterocycles. The molecule has 1 fully saturated rings. The van der Waals surface area contributed by atoms with Gasteiger partial charge in [0.1, 0.15) is 5.82 Å². The lowest BCUT2D eigenvalue weighted by atomic mass is 9.85. The first kappa shape index (κ1) is 16.4. The van der Waals surface area contributed by atoms with E-state index in [0.29, 0.717) is 31.6 Å². The molecule has 24 heavy (non-hydrogen) atoms. The Kier molecular flexibility index (Phi) is 4.74. The maximum atomic E-state index is 12.3. The summed E-state index contributed by atoms with van der Waals surface area (Å²) in [7, 11) is 0. The van der Waals surface area contributed by atoms with Crippen LogP contribution in [-0.2, 0) is 14.4 Å². The van der Waals surface area contributed by atoms with Crippen LogP contribution in [-0.4, -0.2) is 34.2 Å². The van der Waals surface area contributed by atoms with Gasteiger partial charge in [0.2, 0.25) is 17.7 Å². The zero-order valence-corrected chi connectivity index (χ0v) is 13.7. The number of anilines is 1. The van der Waals surface area contributed by atoms with Gasteiger partial charge in [0.25, 0.3) is 0 Å². The lowest BCUT2D eigenvalue weighted by molar-refractivity contribution is -0.140. The van der Waals surface area contributed by atoms with Crippen molar-refractivity contribution in [1.29, 1.82) is 0 Å². The number of nitrogens with one attached hydrogen (secondary N) is 1. The molecular weight excluding hydrogens is 306 g/mol. The average Bonchev–Trinajstić information content (AvgIpc) is 2.80. The van der Waals surface area contributed by atoms with E-state index in [1.807, 2.05) is 31.2 Å². The van der Waals surface area contributed by atoms with Crippen molar-refractivity contribution in [3.05, 3.63) is 36.0 Å². The molecule has 0 radical (unpaired) electrons. The summed E-state index contributed by atoms with van der Waals surface area (Å²) < 4.78 is 0. The number of hydrogen-bond acceptors (Lipinski definition) is 4. The second-order valence-electron chi connectivity index (χ2n) is 6.30. The molecule has 2 heterocycles. The van der Waals surface area contributed by atoms with E-state index in [-0.39, 0.29) is 36.0 Å². The van der Waals surface area contributed by atoms with E-state index < -0.39 is 0 Å². The van der Waals surface area contributed by atoms with E-state index in [2.05, 4.69) is 10.3 Å². The molecule has 0 unspecified atom stereocenters. The molecule has 0 aromatic carbocycles. The number of rotatable bonds is 5. The zero-order valence-electron chi connectivity index (χ0n) is 13.7. The number of carbonyl (C=O) groups excluding carboxylic acids is 3. The lowest BCUT2D eigenvalue weighted by Gasteiger charge is -2.14. The van der Waals surface area contributed by atoms with Gasteiger partial charge in [-0.1, -0.05) is 18.2 Å². The number of fused-ring (bicyclic) bond motifs is 1. The Bertz CT molecular complexity index is 673. The van der Waals surface area contributed by atoms with Crippen molar-refractivity contribution in [3.8, 4) is 0 Å². The first-order valence-corrected chi connectivity index (χ1v) is 8.30. The molecule has 0 saturated carbocycles. The Morgan fingerprint density at radius 1 is 1.21 bits per heavy atom. The second-order valence-corrected chi connectivity index (χ2v) is 6.30. The van der Waals surface area contributed by atoms with Crippen LogP contribution in [0.15, 0.2) is 30.4 Å². The predicted molar refractivity (Wildman–Crippen MR) is 88.9 cm³/mol. The number of nitrogens with zero attached hydrogens (tertiary/aromatic N) is 2. The van der Waals surface area contributed by atoms with E-state index in [1.54, 1.807) is 6.07 Å². The third-order valence-corrected chi connectivity index (χ3v) is 4.54. The molecule has 0 bridgehead atoms. The van der Waals surface area contributed by atoms with Crippen molar-refractivity contribution in [3.63, 3.8) is 0 Å². The number of allylic oxidation sites excluding steroid dienone is 2. The quantitative estimate of drug-likeness (QED) is 0.663. The van der Waals surface area contributed by atoms with Crippen LogP contribution in [0.25, 0.3) is 0 Å². The number of aryl methyl sites for hydroxylation is 1. The third-order valence-electron chi connectivity index (χ3n) is 4.54. The molecule has 1 saturated heterocycles. The van der Waals surface area contributed by atoms with Crippen molar-refractivity contribution in [1.82, 2.24) is 9.88 Å². The van der Waals surface area contributed by atoms with Gasteiger partial charge in [-0.05, 0) is 38.3 Å². The topological polar surface area (TPSA) is 79.4 Å². The average molecular weight is 327 g/mol. The number of likely N-dealkylation sites (tertiary alicyclic amines) is 1. The smallest absolute Gasteiger partial charge is 0.233 e. The predicted octanol–water partition coefficient (Wildman–Crippen LogP) is 2.06. The van der Waals surface area contributed by atoms with Gasteiger partial charge in [0.15, 0.2) is 0 Å². The van der Waals surface area contributed by atoms with Gasteiger partial charge in [0.05, 0.1) is 11.8 Å². The van der Waals surface area contributed by atoms with Gasteiger partial charge in [-0.2, -0.15) is 0 Å². The number of hydrogen-bond donors (Lipinski definition) is 1. The lowest BCUT2D eigenvalue weighted by Crippen LogP contribution is -2.32. The van der Waals surface area contributed by atoms with E-state index in [9.17, 15) is 14.4 Å². The molecule has 1 N–H and O–H groups in total. The molecule has 3 rings (SSSR count). The van der Waals surface area contributed by atoms with Gasteiger partial charge in [-0.15, -0.1) is 0 Å². The number of aromatic nitrogens is 1. The first-order valence-electron chi connectivity index (χ1n) is 8.30. The molecule has 2 aliphatic rings. The van der Waals surface area contributed by atoms with Gasteiger partial charge in [-0.3, -0.25) is 19.3 Å². The first-order chi connectivity index (χ1) is 11.6. The van der Waals surface area contributed by atoms with Gasteiger partial charge < -0.3 is 5.32 Å². The molecule has 2 atom stereocenters. The van der Waals surface area contributed by atoms with Crippen LogP contribution in [0, 0.1) is 18.8 Å². The molecule has 1 aliphatic heterocycles. The Morgan fingerprint density at radius 3 is 2.50 bits per heavy atom. The molecule has 3 amide bonds. The van der Waals surface area contributed by atoms with E-state index in [4.69, 9.17) is 0 Å². The van der Waals surface area contributed by atoms with Crippen molar-refractivity contribution >= 4 is 23.5 Å². The summed E-state index contributed by atoms with van der Waals surface area (Å²) in [5, 5.41) is 2.73. The molecule has 6 heteroatoms. The van der Waals surface area contributed by atoms with Crippen LogP contribution < -0.4 is 5.32 Å². The highest BCUT2D eigenvalue weighted by Gasteiger charge is 2.46. The third kappa shape index (κ3) is 3.37. The monoisotopic (exact) mass is 327 g/mol. The Morgan fingerprint density at radius 2 is 1.88 bits per heavy atom. The van der Waals surface area contributed by atoms with Gasteiger partial charge in [0, 0.05) is 18.7 Å². The summed E-state index contributed by atoms with van der Waals surface area (Å²) in [6.45, 7) is 2.16. The Hall–Kier alpha value is -2.50. The van der Waals surface area contributed by atoms with Crippen molar-refractivity contribution in [2.45, 2.75) is 32.6 Å². The molecule has 1 aliphatic carbocycles. The minimum atomic E-state index is -0.201. The molecule has 126 valence electrons. The summed E-state index contributed by atoms with van der Waals surface area (Å²) in [4.78, 5) is 42.1. The molecule has 1 aromatic rings. The van der Waals surface area contributed by atoms with Crippen LogP contribution >= 0.6 is 0 Å². The molecular formula is C18H21N3O3. The van der Waals surface area contributed by atoms with Crippen LogP contribution in [0.5, 0.6) is 0 Å². The highest BCUT2D eigenvalue weighted by atomic mass is 16.2. The normalized spacial score (nSPS) is 22.6. The summed E-state index contributed by atoms with van der Waals surface area (Å²) in [5.74, 6) is -0.220. The molecule has 0 spiro atoms. The Labute approximate surface area is 140 Å². The number of imide groups is 1. The second kappa shape index (κ2) is 6.95. The van der Waals surface area contributed by atoms with Crippen molar-refractivity contribution < 1.29 is 14.4 Å². The highest BCUT2D eigenvalue weighted by molar-refractivity contribution is 6.05. The summed E-state index contributed by atoms with van der Waals surface area (Å²) in [5.41, 5.74) is 0.831. The molecule has 6 nitrogen and oxygen atoms in total. The summed E-state index contributed by atoms with van der Waals surface area (Å²) >= 11 is 0. The number of pyridine rings is 1. The van der Waals surface area contributed by atoms with E-state index in [0.717, 1.165) is 5.69 Å². The Balaban J connectivity index is 1.49. The fraction of sp³-hybridized carbons (Fsp3) is 0.444. The maximum absolute atomic E-state index is 12.3. The number of amides is 3. The highest BCUT2D eigenvalue weighted by Crippen LogP contribution is 2.35. The van der Waals surface area contributed by atoms with Crippen molar-refractivity contribution in [2.24, 2.45) is 11.8 Å². The minimum Gasteiger partial charge on any atom is -0.311 e. The number of carbonyl (C=O) groups is 3. The van der Waals surface area contributed by atoms with Gasteiger partial charge >= 0.3 is 0 Å². The van der Waals surface area contributed by atoms with E-state index in [1.165, 1.54) is 4.90 Å². The SMILES string of the molecule is Cc1cccc(NC(=O)CCCN2C(=O)[C@@H]3CC=CC[C@H]3C2=O)n1. The van der Waals surface area contributed by atoms with Crippen LogP contribution in [0.2, 0.25) is 0 Å². The fourth-order valence-corrected chi connectivity index (χ4v) is 3.31. The van der Waals surface area contributed by atoms with Gasteiger partial charge in [-0.25, -0.2) is 4.98 Å².